The van der Waals surface area contributed by atoms with Gasteiger partial charge in [0.2, 0.25) is 14.2 Å². The summed E-state index contributed by atoms with van der Waals surface area (Å²) in [4.78, 5) is 3.50. The van der Waals surface area contributed by atoms with E-state index >= 15 is 0 Å². The van der Waals surface area contributed by atoms with Crippen LogP contribution >= 0.6 is 11.3 Å². The lowest BCUT2D eigenvalue weighted by Crippen LogP contribution is -1.97. The molecular formula is C8H7NO5S3. The highest BCUT2D eigenvalue weighted by molar-refractivity contribution is 7.92. The summed E-state index contributed by atoms with van der Waals surface area (Å²) in [6.07, 6.45) is 1.02. The topological polar surface area (TPSA) is 101 Å². The maximum atomic E-state index is 11.3. The van der Waals surface area contributed by atoms with Gasteiger partial charge >= 0.3 is 0 Å². The van der Waals surface area contributed by atoms with E-state index in [1.165, 1.54) is 12.1 Å². The molecule has 0 saturated heterocycles. The fraction of sp³-hybridized carbons (Fsp3) is 0.125. The van der Waals surface area contributed by atoms with Crippen LogP contribution in [0, 0.1) is 0 Å². The number of fused-ring (bicyclic) bond motifs is 1. The van der Waals surface area contributed by atoms with Crippen molar-refractivity contribution >= 4 is 41.5 Å². The summed E-state index contributed by atoms with van der Waals surface area (Å²) >= 11 is 0.948. The molecule has 1 aromatic carbocycles. The third-order valence-electron chi connectivity index (χ3n) is 1.95. The molecule has 0 saturated carbocycles. The van der Waals surface area contributed by atoms with Gasteiger partial charge in [0, 0.05) is 6.26 Å². The summed E-state index contributed by atoms with van der Waals surface area (Å²) in [6, 6.07) is 3.74. The maximum Gasteiger partial charge on any atom is 0.294 e. The van der Waals surface area contributed by atoms with Gasteiger partial charge in [0.05, 0.1) is 15.1 Å². The van der Waals surface area contributed by atoms with Crippen LogP contribution in [0.3, 0.4) is 0 Å². The van der Waals surface area contributed by atoms with Gasteiger partial charge in [-0.2, -0.15) is 8.42 Å². The Morgan fingerprint density at radius 3 is 2.41 bits per heavy atom. The van der Waals surface area contributed by atoms with Gasteiger partial charge in [-0.25, -0.2) is 13.4 Å². The van der Waals surface area contributed by atoms with E-state index in [1.54, 1.807) is 0 Å². The first-order valence-electron chi connectivity index (χ1n) is 4.26. The molecule has 0 aliphatic heterocycles. The summed E-state index contributed by atoms with van der Waals surface area (Å²) in [5.74, 6) is 0. The zero-order valence-corrected chi connectivity index (χ0v) is 10.9. The minimum absolute atomic E-state index is 0.0833. The highest BCUT2D eigenvalue weighted by Gasteiger charge is 2.16. The average Bonchev–Trinajstić information content (AvgIpc) is 2.57. The Morgan fingerprint density at radius 1 is 1.24 bits per heavy atom. The van der Waals surface area contributed by atoms with E-state index in [4.69, 9.17) is 4.55 Å². The molecule has 6 nitrogen and oxygen atoms in total. The number of hydrogen-bond acceptors (Lipinski definition) is 6. The van der Waals surface area contributed by atoms with Gasteiger partial charge < -0.3 is 0 Å². The van der Waals surface area contributed by atoms with Crippen LogP contribution in [0.4, 0.5) is 0 Å². The number of benzene rings is 1. The molecule has 1 N–H and O–H groups in total. The lowest BCUT2D eigenvalue weighted by molar-refractivity contribution is 0.483. The molecule has 92 valence electrons. The van der Waals surface area contributed by atoms with Crippen LogP contribution < -0.4 is 0 Å². The number of aromatic nitrogens is 1. The first-order chi connectivity index (χ1) is 7.68. The normalized spacial score (nSPS) is 13.1. The Kier molecular flexibility index (Phi) is 2.73. The van der Waals surface area contributed by atoms with Crippen molar-refractivity contribution in [3.8, 4) is 0 Å². The summed E-state index contributed by atoms with van der Waals surface area (Å²) in [7, 11) is -7.72. The van der Waals surface area contributed by atoms with Crippen molar-refractivity contribution in [3.05, 3.63) is 18.2 Å². The van der Waals surface area contributed by atoms with Crippen LogP contribution in [0.2, 0.25) is 0 Å². The van der Waals surface area contributed by atoms with Crippen molar-refractivity contribution in [1.82, 2.24) is 4.98 Å². The van der Waals surface area contributed by atoms with Crippen molar-refractivity contribution < 1.29 is 21.4 Å². The molecule has 17 heavy (non-hydrogen) atoms. The van der Waals surface area contributed by atoms with E-state index in [0.29, 0.717) is 4.70 Å². The van der Waals surface area contributed by atoms with Crippen molar-refractivity contribution in [2.75, 3.05) is 6.26 Å². The molecule has 0 aliphatic carbocycles. The van der Waals surface area contributed by atoms with Crippen LogP contribution in [0.15, 0.2) is 27.4 Å². The first-order valence-corrected chi connectivity index (χ1v) is 8.41. The van der Waals surface area contributed by atoms with Crippen LogP contribution in [-0.2, 0) is 20.0 Å². The smallest absolute Gasteiger partial charge is 0.282 e. The van der Waals surface area contributed by atoms with Gasteiger partial charge in [-0.05, 0) is 18.2 Å². The molecule has 0 fully saturated rings. The second kappa shape index (κ2) is 3.73. The Balaban J connectivity index is 2.73. The highest BCUT2D eigenvalue weighted by Crippen LogP contribution is 2.27. The number of nitrogens with zero attached hydrogens (tertiary/aromatic N) is 1. The van der Waals surface area contributed by atoms with Gasteiger partial charge in [0.1, 0.15) is 0 Å². The molecule has 0 bridgehead atoms. The Morgan fingerprint density at radius 2 is 1.88 bits per heavy atom. The second-order valence-electron chi connectivity index (χ2n) is 3.36. The maximum absolute atomic E-state index is 11.3. The van der Waals surface area contributed by atoms with Gasteiger partial charge in [-0.1, -0.05) is 0 Å². The van der Waals surface area contributed by atoms with Gasteiger partial charge in [0.25, 0.3) is 10.1 Å². The lowest BCUT2D eigenvalue weighted by Gasteiger charge is -1.94. The summed E-state index contributed by atoms with van der Waals surface area (Å²) in [5.41, 5.74) is 0.227. The molecule has 2 rings (SSSR count). The van der Waals surface area contributed by atoms with Crippen LogP contribution in [0.25, 0.3) is 10.2 Å². The molecule has 0 unspecified atom stereocenters. The number of rotatable bonds is 2. The Hall–Kier alpha value is -1.03. The van der Waals surface area contributed by atoms with Gasteiger partial charge in [-0.15, -0.1) is 11.3 Å². The molecule has 0 atom stereocenters. The van der Waals surface area contributed by atoms with E-state index in [9.17, 15) is 16.8 Å². The van der Waals surface area contributed by atoms with Crippen molar-refractivity contribution in [2.45, 2.75) is 9.24 Å². The van der Waals surface area contributed by atoms with Crippen LogP contribution in [0.1, 0.15) is 0 Å². The predicted molar refractivity (Wildman–Crippen MR) is 62.5 cm³/mol. The van der Waals surface area contributed by atoms with E-state index in [2.05, 4.69) is 4.98 Å². The minimum Gasteiger partial charge on any atom is -0.282 e. The molecular weight excluding hydrogens is 286 g/mol. The monoisotopic (exact) mass is 293 g/mol. The van der Waals surface area contributed by atoms with Crippen LogP contribution in [0.5, 0.6) is 0 Å². The zero-order valence-electron chi connectivity index (χ0n) is 8.48. The number of sulfone groups is 1. The average molecular weight is 293 g/mol. The first kappa shape index (κ1) is 12.4. The standard InChI is InChI=1S/C8H7NO5S3/c1-16(10,11)8-9-6-4-5(17(12,13)14)2-3-7(6)15-8/h2-4H,1H3,(H,12,13,14). The van der Waals surface area contributed by atoms with Gasteiger partial charge in [0.15, 0.2) is 0 Å². The molecule has 1 aromatic heterocycles. The van der Waals surface area contributed by atoms with E-state index < -0.39 is 20.0 Å². The third kappa shape index (κ3) is 2.46. The Bertz CT molecular complexity index is 758. The molecule has 1 heterocycles. The molecule has 0 amide bonds. The minimum atomic E-state index is -4.31. The van der Waals surface area contributed by atoms with Gasteiger partial charge in [-0.3, -0.25) is 4.55 Å². The molecule has 9 heteroatoms. The van der Waals surface area contributed by atoms with E-state index in [1.807, 2.05) is 0 Å². The summed E-state index contributed by atoms with van der Waals surface area (Å²) in [5, 5.41) is 0. The third-order valence-corrected chi connectivity index (χ3v) is 5.52. The van der Waals surface area contributed by atoms with E-state index in [0.717, 1.165) is 23.7 Å². The fourth-order valence-electron chi connectivity index (χ4n) is 1.21. The molecule has 0 spiro atoms. The van der Waals surface area contributed by atoms with Crippen molar-refractivity contribution in [1.29, 1.82) is 0 Å². The lowest BCUT2D eigenvalue weighted by atomic mass is 10.3. The predicted octanol–water partition coefficient (Wildman–Crippen LogP) is 0.946. The molecule has 0 aliphatic rings. The molecule has 0 radical (unpaired) electrons. The number of hydrogen-bond donors (Lipinski definition) is 1. The Labute approximate surface area is 102 Å². The second-order valence-corrected chi connectivity index (χ2v) is 8.00. The quantitative estimate of drug-likeness (QED) is 0.827. The fourth-order valence-corrected chi connectivity index (χ4v) is 3.52. The number of thiazole rings is 1. The highest BCUT2D eigenvalue weighted by atomic mass is 32.2. The van der Waals surface area contributed by atoms with Crippen molar-refractivity contribution in [2.24, 2.45) is 0 Å². The van der Waals surface area contributed by atoms with E-state index in [-0.39, 0.29) is 14.8 Å². The SMILES string of the molecule is CS(=O)(=O)c1nc2cc(S(=O)(=O)O)ccc2s1. The largest absolute Gasteiger partial charge is 0.294 e. The zero-order chi connectivity index (χ0) is 12.8. The molecule has 2 aromatic rings. The van der Waals surface area contributed by atoms with Crippen LogP contribution in [-0.4, -0.2) is 32.6 Å². The summed E-state index contributed by atoms with van der Waals surface area (Å²) < 4.78 is 53.6. The summed E-state index contributed by atoms with van der Waals surface area (Å²) in [6.45, 7) is 0. The van der Waals surface area contributed by atoms with Crippen molar-refractivity contribution in [3.63, 3.8) is 0 Å².